The van der Waals surface area contributed by atoms with Gasteiger partial charge in [-0.3, -0.25) is 0 Å². The van der Waals surface area contributed by atoms with Gasteiger partial charge in [0.15, 0.2) is 0 Å². The Morgan fingerprint density at radius 1 is 1.23 bits per heavy atom. The molecule has 1 aromatic rings. The summed E-state index contributed by atoms with van der Waals surface area (Å²) in [4.78, 5) is 8.55. The van der Waals surface area contributed by atoms with E-state index >= 15 is 0 Å². The number of fused-ring (bicyclic) bond motifs is 3. The highest BCUT2D eigenvalue weighted by molar-refractivity contribution is 5.25. The van der Waals surface area contributed by atoms with Crippen molar-refractivity contribution in [3.05, 3.63) is 23.8 Å². The lowest BCUT2D eigenvalue weighted by atomic mass is 9.80. The van der Waals surface area contributed by atoms with Crippen molar-refractivity contribution >= 4 is 0 Å². The van der Waals surface area contributed by atoms with Crippen molar-refractivity contribution in [3.8, 4) is 0 Å². The van der Waals surface area contributed by atoms with Crippen molar-refractivity contribution < 1.29 is 0 Å². The maximum atomic E-state index is 4.45. The number of nitrogens with zero attached hydrogens (tertiary/aromatic N) is 2. The molecule has 2 atom stereocenters. The summed E-state index contributed by atoms with van der Waals surface area (Å²) < 4.78 is 0. The van der Waals surface area contributed by atoms with Crippen LogP contribution in [0.1, 0.15) is 42.9 Å². The van der Waals surface area contributed by atoms with Gasteiger partial charge in [-0.25, -0.2) is 9.97 Å². The first-order valence-corrected chi connectivity index (χ1v) is 5.24. The van der Waals surface area contributed by atoms with Crippen LogP contribution >= 0.6 is 0 Å². The predicted octanol–water partition coefficient (Wildman–Crippen LogP) is 2.31. The van der Waals surface area contributed by atoms with Crippen molar-refractivity contribution in [3.63, 3.8) is 0 Å². The summed E-state index contributed by atoms with van der Waals surface area (Å²) in [6.07, 6.45) is 10.5. The van der Waals surface area contributed by atoms with Gasteiger partial charge in [-0.2, -0.15) is 0 Å². The van der Waals surface area contributed by atoms with Crippen LogP contribution in [0.5, 0.6) is 0 Å². The molecule has 0 aromatic carbocycles. The Hall–Kier alpha value is -0.920. The molecule has 2 heteroatoms. The van der Waals surface area contributed by atoms with Gasteiger partial charge in [0.2, 0.25) is 0 Å². The molecule has 1 fully saturated rings. The topological polar surface area (TPSA) is 25.8 Å². The molecule has 2 aliphatic carbocycles. The molecular formula is C11H14N2. The van der Waals surface area contributed by atoms with Gasteiger partial charge in [-0.05, 0) is 37.2 Å². The van der Waals surface area contributed by atoms with E-state index in [0.29, 0.717) is 0 Å². The first-order chi connectivity index (χ1) is 6.45. The summed E-state index contributed by atoms with van der Waals surface area (Å²) in [6.45, 7) is 0. The number of aromatic nitrogens is 2. The molecule has 2 aliphatic rings. The molecular weight excluding hydrogens is 160 g/mol. The SMILES string of the molecule is c1ncc2c(n1)C1CCCC1CC2. The van der Waals surface area contributed by atoms with Gasteiger partial charge in [0.05, 0.1) is 5.69 Å². The summed E-state index contributed by atoms with van der Waals surface area (Å²) in [5.74, 6) is 1.70. The molecule has 0 bridgehead atoms. The summed E-state index contributed by atoms with van der Waals surface area (Å²) >= 11 is 0. The van der Waals surface area contributed by atoms with Crippen molar-refractivity contribution in [2.45, 2.75) is 38.0 Å². The van der Waals surface area contributed by atoms with E-state index < -0.39 is 0 Å². The third-order valence-corrected chi connectivity index (χ3v) is 3.62. The fourth-order valence-corrected chi connectivity index (χ4v) is 2.98. The Labute approximate surface area is 78.4 Å². The van der Waals surface area contributed by atoms with E-state index in [1.54, 1.807) is 6.33 Å². The van der Waals surface area contributed by atoms with Crippen molar-refractivity contribution in [1.29, 1.82) is 0 Å². The molecule has 2 unspecified atom stereocenters. The van der Waals surface area contributed by atoms with Crippen molar-refractivity contribution in [1.82, 2.24) is 9.97 Å². The highest BCUT2D eigenvalue weighted by Gasteiger charge is 2.34. The van der Waals surface area contributed by atoms with E-state index in [1.807, 2.05) is 6.20 Å². The Balaban J connectivity index is 2.06. The summed E-state index contributed by atoms with van der Waals surface area (Å²) in [5.41, 5.74) is 2.77. The third kappa shape index (κ3) is 1.08. The third-order valence-electron chi connectivity index (χ3n) is 3.62. The van der Waals surface area contributed by atoms with Crippen LogP contribution in [0.2, 0.25) is 0 Å². The minimum Gasteiger partial charge on any atom is -0.245 e. The minimum absolute atomic E-state index is 0.770. The van der Waals surface area contributed by atoms with Crippen LogP contribution in [0.25, 0.3) is 0 Å². The Morgan fingerprint density at radius 3 is 3.23 bits per heavy atom. The number of rotatable bonds is 0. The molecule has 2 nitrogen and oxygen atoms in total. The largest absolute Gasteiger partial charge is 0.245 e. The predicted molar refractivity (Wildman–Crippen MR) is 50.4 cm³/mol. The van der Waals surface area contributed by atoms with Crippen LogP contribution in [-0.2, 0) is 6.42 Å². The van der Waals surface area contributed by atoms with E-state index in [0.717, 1.165) is 11.8 Å². The maximum absolute atomic E-state index is 4.45. The van der Waals surface area contributed by atoms with Gasteiger partial charge in [0.25, 0.3) is 0 Å². The molecule has 13 heavy (non-hydrogen) atoms. The fourth-order valence-electron chi connectivity index (χ4n) is 2.98. The van der Waals surface area contributed by atoms with E-state index in [1.165, 1.54) is 43.4 Å². The zero-order valence-electron chi connectivity index (χ0n) is 7.74. The first kappa shape index (κ1) is 7.48. The zero-order chi connectivity index (χ0) is 8.67. The highest BCUT2D eigenvalue weighted by atomic mass is 14.8. The summed E-state index contributed by atoms with van der Waals surface area (Å²) in [6, 6.07) is 0. The van der Waals surface area contributed by atoms with Gasteiger partial charge in [-0.1, -0.05) is 6.42 Å². The molecule has 1 heterocycles. The van der Waals surface area contributed by atoms with Crippen LogP contribution in [0.15, 0.2) is 12.5 Å². The molecule has 0 saturated heterocycles. The lowest BCUT2D eigenvalue weighted by Crippen LogP contribution is -2.17. The average molecular weight is 174 g/mol. The van der Waals surface area contributed by atoms with Crippen molar-refractivity contribution in [2.75, 3.05) is 0 Å². The van der Waals surface area contributed by atoms with E-state index in [9.17, 15) is 0 Å². The molecule has 0 radical (unpaired) electrons. The number of hydrogen-bond donors (Lipinski definition) is 0. The second kappa shape index (κ2) is 2.79. The fraction of sp³-hybridized carbons (Fsp3) is 0.636. The Bertz CT molecular complexity index is 322. The molecule has 0 aliphatic heterocycles. The van der Waals surface area contributed by atoms with Gasteiger partial charge < -0.3 is 0 Å². The minimum atomic E-state index is 0.770. The van der Waals surface area contributed by atoms with Gasteiger partial charge in [-0.15, -0.1) is 0 Å². The Morgan fingerprint density at radius 2 is 2.23 bits per heavy atom. The first-order valence-electron chi connectivity index (χ1n) is 5.24. The normalized spacial score (nSPS) is 31.1. The molecule has 1 saturated carbocycles. The van der Waals surface area contributed by atoms with Crippen molar-refractivity contribution in [2.24, 2.45) is 5.92 Å². The molecule has 0 amide bonds. The number of aryl methyl sites for hydroxylation is 1. The van der Waals surface area contributed by atoms with Gasteiger partial charge >= 0.3 is 0 Å². The maximum Gasteiger partial charge on any atom is 0.115 e. The molecule has 0 N–H and O–H groups in total. The second-order valence-corrected chi connectivity index (χ2v) is 4.27. The van der Waals surface area contributed by atoms with Crippen LogP contribution in [0.3, 0.4) is 0 Å². The molecule has 1 aromatic heterocycles. The lowest BCUT2D eigenvalue weighted by molar-refractivity contribution is 0.413. The van der Waals surface area contributed by atoms with Gasteiger partial charge in [0.1, 0.15) is 6.33 Å². The quantitative estimate of drug-likeness (QED) is 0.603. The number of hydrogen-bond acceptors (Lipinski definition) is 2. The lowest BCUT2D eigenvalue weighted by Gasteiger charge is -2.26. The zero-order valence-corrected chi connectivity index (χ0v) is 7.74. The smallest absolute Gasteiger partial charge is 0.115 e. The van der Waals surface area contributed by atoms with Crippen LogP contribution in [0.4, 0.5) is 0 Å². The standard InChI is InChI=1S/C11H14N2/c1-2-8-4-5-9-6-12-7-13-11(9)10(8)3-1/h6-8,10H,1-5H2. The van der Waals surface area contributed by atoms with E-state index in [4.69, 9.17) is 0 Å². The Kier molecular flexibility index (Phi) is 1.61. The van der Waals surface area contributed by atoms with E-state index in [2.05, 4.69) is 9.97 Å². The highest BCUT2D eigenvalue weighted by Crippen LogP contribution is 2.45. The van der Waals surface area contributed by atoms with Crippen LogP contribution in [0, 0.1) is 5.92 Å². The average Bonchev–Trinajstić information content (AvgIpc) is 2.65. The van der Waals surface area contributed by atoms with Crippen LogP contribution in [-0.4, -0.2) is 9.97 Å². The molecule has 68 valence electrons. The van der Waals surface area contributed by atoms with Gasteiger partial charge in [0, 0.05) is 12.1 Å². The van der Waals surface area contributed by atoms with E-state index in [-0.39, 0.29) is 0 Å². The summed E-state index contributed by atoms with van der Waals surface area (Å²) in [5, 5.41) is 0. The monoisotopic (exact) mass is 174 g/mol. The van der Waals surface area contributed by atoms with Crippen LogP contribution < -0.4 is 0 Å². The second-order valence-electron chi connectivity index (χ2n) is 4.27. The molecule has 0 spiro atoms. The molecule has 3 rings (SSSR count). The summed E-state index contributed by atoms with van der Waals surface area (Å²) in [7, 11) is 0.